The number of halogens is 1. The Balaban J connectivity index is 1.33. The first-order valence-electron chi connectivity index (χ1n) is 10.4. The van der Waals surface area contributed by atoms with E-state index in [1.807, 2.05) is 58.8 Å². The summed E-state index contributed by atoms with van der Waals surface area (Å²) in [6, 6.07) is 16.1. The molecule has 0 N–H and O–H groups in total. The lowest BCUT2D eigenvalue weighted by Crippen LogP contribution is -2.49. The Kier molecular flexibility index (Phi) is 5.20. The van der Waals surface area contributed by atoms with Crippen LogP contribution in [-0.4, -0.2) is 46.4 Å². The standard InChI is InChI=1S/C24H23ClN4OS/c1-16-8-9-19(25)14-21(16)27-10-12-28(13-11-27)23(30)22-17(2)29-15-20(26-24(29)31-22)18-6-4-3-5-7-18/h3-9,14-15H,10-13H2,1-2H3. The normalized spacial score (nSPS) is 14.4. The van der Waals surface area contributed by atoms with Gasteiger partial charge in [-0.25, -0.2) is 4.98 Å². The summed E-state index contributed by atoms with van der Waals surface area (Å²) in [5.74, 6) is 0.0942. The largest absolute Gasteiger partial charge is 0.368 e. The topological polar surface area (TPSA) is 40.8 Å². The van der Waals surface area contributed by atoms with Crippen molar-refractivity contribution in [2.75, 3.05) is 31.1 Å². The second-order valence-corrected chi connectivity index (χ2v) is 9.29. The van der Waals surface area contributed by atoms with Crippen LogP contribution in [0.25, 0.3) is 16.2 Å². The summed E-state index contributed by atoms with van der Waals surface area (Å²) in [6.07, 6.45) is 2.02. The zero-order chi connectivity index (χ0) is 21.5. The number of benzene rings is 2. The number of carbonyl (C=O) groups is 1. The molecule has 0 unspecified atom stereocenters. The molecule has 158 valence electrons. The van der Waals surface area contributed by atoms with E-state index in [0.29, 0.717) is 13.1 Å². The number of hydrogen-bond donors (Lipinski definition) is 0. The van der Waals surface area contributed by atoms with Gasteiger partial charge in [0, 0.05) is 54.3 Å². The lowest BCUT2D eigenvalue weighted by Gasteiger charge is -2.36. The molecule has 1 saturated heterocycles. The number of nitrogens with zero attached hydrogens (tertiary/aromatic N) is 4. The van der Waals surface area contributed by atoms with Gasteiger partial charge in [0.1, 0.15) is 4.88 Å². The molecule has 5 rings (SSSR count). The van der Waals surface area contributed by atoms with E-state index in [1.54, 1.807) is 0 Å². The van der Waals surface area contributed by atoms with Crippen LogP contribution in [0, 0.1) is 13.8 Å². The summed E-state index contributed by atoms with van der Waals surface area (Å²) < 4.78 is 2.03. The van der Waals surface area contributed by atoms with Crippen molar-refractivity contribution in [3.8, 4) is 11.3 Å². The van der Waals surface area contributed by atoms with E-state index >= 15 is 0 Å². The molecule has 5 nitrogen and oxygen atoms in total. The zero-order valence-electron chi connectivity index (χ0n) is 17.5. The van der Waals surface area contributed by atoms with Crippen molar-refractivity contribution in [1.82, 2.24) is 14.3 Å². The average Bonchev–Trinajstić information content (AvgIpc) is 3.35. The molecule has 1 aliphatic heterocycles. The summed E-state index contributed by atoms with van der Waals surface area (Å²) in [5.41, 5.74) is 5.32. The summed E-state index contributed by atoms with van der Waals surface area (Å²) >= 11 is 7.66. The number of thiazole rings is 1. The van der Waals surface area contributed by atoms with Crippen molar-refractivity contribution >= 4 is 39.5 Å². The maximum atomic E-state index is 13.3. The zero-order valence-corrected chi connectivity index (χ0v) is 19.1. The van der Waals surface area contributed by atoms with Gasteiger partial charge in [-0.15, -0.1) is 0 Å². The van der Waals surface area contributed by atoms with Gasteiger partial charge in [-0.2, -0.15) is 0 Å². The third kappa shape index (κ3) is 3.70. The Morgan fingerprint density at radius 3 is 2.48 bits per heavy atom. The maximum Gasteiger partial charge on any atom is 0.265 e. The lowest BCUT2D eigenvalue weighted by molar-refractivity contribution is 0.0750. The van der Waals surface area contributed by atoms with Crippen molar-refractivity contribution in [3.63, 3.8) is 0 Å². The highest BCUT2D eigenvalue weighted by Crippen LogP contribution is 2.29. The third-order valence-corrected chi connectivity index (χ3v) is 7.28. The second-order valence-electron chi connectivity index (χ2n) is 7.87. The van der Waals surface area contributed by atoms with E-state index in [0.717, 1.165) is 50.6 Å². The molecular formula is C24H23ClN4OS. The molecular weight excluding hydrogens is 428 g/mol. The SMILES string of the molecule is Cc1ccc(Cl)cc1N1CCN(C(=O)c2sc3nc(-c4ccccc4)cn3c2C)CC1. The monoisotopic (exact) mass is 450 g/mol. The predicted octanol–water partition coefficient (Wildman–Crippen LogP) is 5.30. The van der Waals surface area contributed by atoms with E-state index in [2.05, 4.69) is 24.0 Å². The summed E-state index contributed by atoms with van der Waals surface area (Å²) in [5, 5.41) is 0.742. The van der Waals surface area contributed by atoms with Gasteiger partial charge in [0.05, 0.1) is 5.69 Å². The van der Waals surface area contributed by atoms with E-state index in [1.165, 1.54) is 16.9 Å². The number of aromatic nitrogens is 2. The van der Waals surface area contributed by atoms with Crippen molar-refractivity contribution < 1.29 is 4.79 Å². The highest BCUT2D eigenvalue weighted by Gasteiger charge is 2.27. The van der Waals surface area contributed by atoms with Gasteiger partial charge in [-0.1, -0.05) is 59.3 Å². The van der Waals surface area contributed by atoms with Gasteiger partial charge in [0.15, 0.2) is 4.96 Å². The fourth-order valence-corrected chi connectivity index (χ4v) is 5.36. The molecule has 0 saturated carbocycles. The summed E-state index contributed by atoms with van der Waals surface area (Å²) in [7, 11) is 0. The molecule has 4 aromatic rings. The van der Waals surface area contributed by atoms with Crippen LogP contribution >= 0.6 is 22.9 Å². The number of aryl methyl sites for hydroxylation is 2. The second kappa shape index (κ2) is 8.02. The number of amides is 1. The first-order chi connectivity index (χ1) is 15.0. The van der Waals surface area contributed by atoms with Gasteiger partial charge in [0.25, 0.3) is 5.91 Å². The Labute approximate surface area is 190 Å². The number of carbonyl (C=O) groups excluding carboxylic acids is 1. The Hall–Kier alpha value is -2.83. The van der Waals surface area contributed by atoms with Crippen LogP contribution < -0.4 is 4.90 Å². The van der Waals surface area contributed by atoms with E-state index in [4.69, 9.17) is 16.6 Å². The van der Waals surface area contributed by atoms with Gasteiger partial charge in [-0.05, 0) is 31.5 Å². The first kappa shape index (κ1) is 20.1. The molecule has 3 heterocycles. The highest BCUT2D eigenvalue weighted by molar-refractivity contribution is 7.19. The Morgan fingerprint density at radius 1 is 1.03 bits per heavy atom. The molecule has 2 aromatic heterocycles. The van der Waals surface area contributed by atoms with E-state index in [9.17, 15) is 4.79 Å². The molecule has 0 aliphatic carbocycles. The fourth-order valence-electron chi connectivity index (χ4n) is 4.11. The van der Waals surface area contributed by atoms with Gasteiger partial charge in [0.2, 0.25) is 0 Å². The summed E-state index contributed by atoms with van der Waals surface area (Å²) in [4.78, 5) is 23.9. The van der Waals surface area contributed by atoms with Crippen LogP contribution in [0.3, 0.4) is 0 Å². The molecule has 1 amide bonds. The third-order valence-electron chi connectivity index (χ3n) is 5.90. The van der Waals surface area contributed by atoms with Crippen LogP contribution in [0.15, 0.2) is 54.7 Å². The van der Waals surface area contributed by atoms with Crippen LogP contribution in [0.5, 0.6) is 0 Å². The number of piperazine rings is 1. The van der Waals surface area contributed by atoms with Crippen molar-refractivity contribution in [1.29, 1.82) is 0 Å². The maximum absolute atomic E-state index is 13.3. The number of anilines is 1. The molecule has 1 aliphatic rings. The average molecular weight is 451 g/mol. The smallest absolute Gasteiger partial charge is 0.265 e. The molecule has 0 radical (unpaired) electrons. The number of hydrogen-bond acceptors (Lipinski definition) is 4. The number of fused-ring (bicyclic) bond motifs is 1. The molecule has 0 bridgehead atoms. The minimum Gasteiger partial charge on any atom is -0.368 e. The Morgan fingerprint density at radius 2 is 1.77 bits per heavy atom. The molecule has 0 atom stereocenters. The van der Waals surface area contributed by atoms with Gasteiger partial charge >= 0.3 is 0 Å². The van der Waals surface area contributed by atoms with E-state index < -0.39 is 0 Å². The minimum atomic E-state index is 0.0942. The lowest BCUT2D eigenvalue weighted by atomic mass is 10.1. The molecule has 31 heavy (non-hydrogen) atoms. The quantitative estimate of drug-likeness (QED) is 0.425. The predicted molar refractivity (Wildman–Crippen MR) is 128 cm³/mol. The highest BCUT2D eigenvalue weighted by atomic mass is 35.5. The molecule has 1 fully saturated rings. The van der Waals surface area contributed by atoms with Crippen LogP contribution in [-0.2, 0) is 0 Å². The number of imidazole rings is 1. The van der Waals surface area contributed by atoms with E-state index in [-0.39, 0.29) is 5.91 Å². The summed E-state index contributed by atoms with van der Waals surface area (Å²) in [6.45, 7) is 7.08. The van der Waals surface area contributed by atoms with Crippen LogP contribution in [0.2, 0.25) is 5.02 Å². The van der Waals surface area contributed by atoms with Crippen molar-refractivity contribution in [3.05, 3.63) is 75.9 Å². The number of rotatable bonds is 3. The molecule has 7 heteroatoms. The van der Waals surface area contributed by atoms with Gasteiger partial charge in [-0.3, -0.25) is 9.20 Å². The van der Waals surface area contributed by atoms with Gasteiger partial charge < -0.3 is 9.80 Å². The molecule has 0 spiro atoms. The molecule has 2 aromatic carbocycles. The van der Waals surface area contributed by atoms with Crippen LogP contribution in [0.1, 0.15) is 20.9 Å². The first-order valence-corrected chi connectivity index (χ1v) is 11.5. The fraction of sp³-hybridized carbons (Fsp3) is 0.250. The van der Waals surface area contributed by atoms with Crippen molar-refractivity contribution in [2.45, 2.75) is 13.8 Å². The van der Waals surface area contributed by atoms with Crippen molar-refractivity contribution in [2.24, 2.45) is 0 Å². The Bertz CT molecular complexity index is 1260. The van der Waals surface area contributed by atoms with Crippen LogP contribution in [0.4, 0.5) is 5.69 Å². The minimum absolute atomic E-state index is 0.0942.